The number of nitrogens with one attached hydrogen (secondary N) is 1. The monoisotopic (exact) mass is 406 g/mol. The average molecular weight is 407 g/mol. The number of para-hydroxylation sites is 1. The van der Waals surface area contributed by atoms with Gasteiger partial charge in [0.2, 0.25) is 0 Å². The van der Waals surface area contributed by atoms with Gasteiger partial charge in [-0.15, -0.1) is 0 Å². The molecule has 0 spiro atoms. The van der Waals surface area contributed by atoms with Crippen LogP contribution in [-0.4, -0.2) is 36.4 Å². The molecule has 2 aromatic rings. The van der Waals surface area contributed by atoms with Crippen LogP contribution in [0.2, 0.25) is 0 Å². The number of ether oxygens (including phenoxy) is 1. The summed E-state index contributed by atoms with van der Waals surface area (Å²) in [7, 11) is 0. The molecule has 0 radical (unpaired) electrons. The van der Waals surface area contributed by atoms with E-state index in [9.17, 15) is 9.59 Å². The summed E-state index contributed by atoms with van der Waals surface area (Å²) in [5.74, 6) is 1.22. The third-order valence-corrected chi connectivity index (χ3v) is 5.38. The molecule has 2 unspecified atom stereocenters. The van der Waals surface area contributed by atoms with Gasteiger partial charge < -0.3 is 15.0 Å². The molecule has 0 saturated carbocycles. The van der Waals surface area contributed by atoms with Crippen LogP contribution >= 0.6 is 0 Å². The Balaban J connectivity index is 1.80. The van der Waals surface area contributed by atoms with Crippen molar-refractivity contribution in [3.63, 3.8) is 0 Å². The number of anilines is 1. The van der Waals surface area contributed by atoms with Crippen LogP contribution < -0.4 is 10.1 Å². The molecule has 30 heavy (non-hydrogen) atoms. The topological polar surface area (TPSA) is 58.6 Å². The summed E-state index contributed by atoms with van der Waals surface area (Å²) < 4.78 is 5.60. The molecule has 3 rings (SSSR count). The molecule has 0 bridgehead atoms. The summed E-state index contributed by atoms with van der Waals surface area (Å²) >= 11 is 0. The molecule has 2 atom stereocenters. The molecule has 158 valence electrons. The van der Waals surface area contributed by atoms with E-state index in [0.29, 0.717) is 41.0 Å². The molecule has 2 aromatic carbocycles. The van der Waals surface area contributed by atoms with E-state index in [0.717, 1.165) is 25.1 Å². The van der Waals surface area contributed by atoms with Crippen molar-refractivity contribution in [1.29, 1.82) is 0 Å². The van der Waals surface area contributed by atoms with Gasteiger partial charge in [-0.3, -0.25) is 9.59 Å². The number of hydrogen-bond acceptors (Lipinski definition) is 3. The van der Waals surface area contributed by atoms with Crippen molar-refractivity contribution in [2.24, 2.45) is 11.8 Å². The summed E-state index contributed by atoms with van der Waals surface area (Å²) in [6.45, 7) is 11.8. The second-order valence-corrected chi connectivity index (χ2v) is 8.24. The van der Waals surface area contributed by atoms with E-state index in [2.05, 4.69) is 25.7 Å². The van der Waals surface area contributed by atoms with E-state index in [-0.39, 0.29) is 11.8 Å². The Hall–Kier alpha value is -3.08. The van der Waals surface area contributed by atoms with Crippen molar-refractivity contribution >= 4 is 17.5 Å². The number of hydrogen-bond donors (Lipinski definition) is 1. The van der Waals surface area contributed by atoms with Crippen LogP contribution in [0, 0.1) is 18.8 Å². The lowest BCUT2D eigenvalue weighted by atomic mass is 9.91. The zero-order valence-corrected chi connectivity index (χ0v) is 18.0. The van der Waals surface area contributed by atoms with Gasteiger partial charge >= 0.3 is 0 Å². The predicted molar refractivity (Wildman–Crippen MR) is 120 cm³/mol. The van der Waals surface area contributed by atoms with Crippen LogP contribution in [0.5, 0.6) is 5.75 Å². The van der Waals surface area contributed by atoms with Crippen LogP contribution in [0.1, 0.15) is 46.5 Å². The van der Waals surface area contributed by atoms with E-state index in [1.807, 2.05) is 30.0 Å². The van der Waals surface area contributed by atoms with Crippen LogP contribution in [0.25, 0.3) is 0 Å². The minimum absolute atomic E-state index is 0.0126. The van der Waals surface area contributed by atoms with Crippen LogP contribution in [0.15, 0.2) is 55.1 Å². The molecule has 1 aliphatic heterocycles. The standard InChI is InChI=1S/C25H30N2O3/c1-5-12-30-23-9-7-6-8-21(23)24(28)26-22-14-20(11-10-19(22)4)25(29)27-15-17(2)13-18(3)16-27/h5-11,14,17-18H,1,12-13,15-16H2,2-4H3,(H,26,28). The predicted octanol–water partition coefficient (Wildman–Crippen LogP) is 4.93. The fraction of sp³-hybridized carbons (Fsp3) is 0.360. The van der Waals surface area contributed by atoms with Crippen LogP contribution in [0.4, 0.5) is 5.69 Å². The molecule has 0 aliphatic carbocycles. The molecule has 2 amide bonds. The Kier molecular flexibility index (Phi) is 6.93. The molecule has 1 saturated heterocycles. The van der Waals surface area contributed by atoms with Crippen LogP contribution in [0.3, 0.4) is 0 Å². The minimum Gasteiger partial charge on any atom is -0.489 e. The number of amides is 2. The molecule has 1 heterocycles. The highest BCUT2D eigenvalue weighted by Crippen LogP contribution is 2.25. The first kappa shape index (κ1) is 21.6. The number of aryl methyl sites for hydroxylation is 1. The summed E-state index contributed by atoms with van der Waals surface area (Å²) in [4.78, 5) is 27.9. The highest BCUT2D eigenvalue weighted by molar-refractivity contribution is 6.07. The molecule has 1 aliphatic rings. The first-order valence-corrected chi connectivity index (χ1v) is 10.4. The van der Waals surface area contributed by atoms with Crippen molar-refractivity contribution < 1.29 is 14.3 Å². The molecule has 5 nitrogen and oxygen atoms in total. The Morgan fingerprint density at radius 2 is 1.87 bits per heavy atom. The second-order valence-electron chi connectivity index (χ2n) is 8.24. The lowest BCUT2D eigenvalue weighted by Gasteiger charge is -2.35. The first-order chi connectivity index (χ1) is 14.4. The number of piperidine rings is 1. The van der Waals surface area contributed by atoms with Crippen molar-refractivity contribution in [2.75, 3.05) is 25.0 Å². The van der Waals surface area contributed by atoms with Gasteiger partial charge in [-0.05, 0) is 55.0 Å². The molecule has 1 fully saturated rings. The van der Waals surface area contributed by atoms with Gasteiger partial charge in [0.15, 0.2) is 0 Å². The largest absolute Gasteiger partial charge is 0.489 e. The van der Waals surface area contributed by atoms with Crippen molar-refractivity contribution in [3.05, 3.63) is 71.8 Å². The quantitative estimate of drug-likeness (QED) is 0.692. The number of carbonyl (C=O) groups excluding carboxylic acids is 2. The fourth-order valence-electron chi connectivity index (χ4n) is 4.02. The van der Waals surface area contributed by atoms with Gasteiger partial charge in [0.1, 0.15) is 12.4 Å². The first-order valence-electron chi connectivity index (χ1n) is 10.4. The Labute approximate surface area is 178 Å². The molecular formula is C25H30N2O3. The Morgan fingerprint density at radius 1 is 1.17 bits per heavy atom. The average Bonchev–Trinajstić information content (AvgIpc) is 2.72. The van der Waals surface area contributed by atoms with Crippen molar-refractivity contribution in [1.82, 2.24) is 4.90 Å². The van der Waals surface area contributed by atoms with E-state index in [4.69, 9.17) is 4.74 Å². The molecule has 1 N–H and O–H groups in total. The molecule has 5 heteroatoms. The van der Waals surface area contributed by atoms with Gasteiger partial charge in [-0.25, -0.2) is 0 Å². The SMILES string of the molecule is C=CCOc1ccccc1C(=O)Nc1cc(C(=O)N2CC(C)CC(C)C2)ccc1C. The third-order valence-electron chi connectivity index (χ3n) is 5.38. The van der Waals surface area contributed by atoms with Gasteiger partial charge in [0.25, 0.3) is 11.8 Å². The number of carbonyl (C=O) groups is 2. The zero-order chi connectivity index (χ0) is 21.7. The fourth-order valence-corrected chi connectivity index (χ4v) is 4.02. The zero-order valence-electron chi connectivity index (χ0n) is 18.0. The lowest BCUT2D eigenvalue weighted by molar-refractivity contribution is 0.0623. The van der Waals surface area contributed by atoms with Crippen LogP contribution in [-0.2, 0) is 0 Å². The maximum Gasteiger partial charge on any atom is 0.259 e. The second kappa shape index (κ2) is 9.61. The Bertz CT molecular complexity index is 928. The van der Waals surface area contributed by atoms with E-state index >= 15 is 0 Å². The third kappa shape index (κ3) is 5.09. The maximum atomic E-state index is 13.1. The van der Waals surface area contributed by atoms with Gasteiger partial charge in [-0.2, -0.15) is 0 Å². The lowest BCUT2D eigenvalue weighted by Crippen LogP contribution is -2.42. The maximum absolute atomic E-state index is 13.1. The summed E-state index contributed by atoms with van der Waals surface area (Å²) in [5, 5.41) is 2.94. The number of nitrogens with zero attached hydrogens (tertiary/aromatic N) is 1. The normalized spacial score (nSPS) is 18.6. The van der Waals surface area contributed by atoms with Gasteiger partial charge in [0.05, 0.1) is 5.56 Å². The summed E-state index contributed by atoms with van der Waals surface area (Å²) in [6, 6.07) is 12.6. The molecule has 0 aromatic heterocycles. The summed E-state index contributed by atoms with van der Waals surface area (Å²) in [6.07, 6.45) is 2.78. The molecular weight excluding hydrogens is 376 g/mol. The Morgan fingerprint density at radius 3 is 2.57 bits per heavy atom. The van der Waals surface area contributed by atoms with E-state index in [1.165, 1.54) is 0 Å². The van der Waals surface area contributed by atoms with Gasteiger partial charge in [0, 0.05) is 24.3 Å². The smallest absolute Gasteiger partial charge is 0.259 e. The van der Waals surface area contributed by atoms with E-state index in [1.54, 1.807) is 30.3 Å². The number of likely N-dealkylation sites (tertiary alicyclic amines) is 1. The van der Waals surface area contributed by atoms with Crippen molar-refractivity contribution in [3.8, 4) is 5.75 Å². The number of rotatable bonds is 6. The highest BCUT2D eigenvalue weighted by atomic mass is 16.5. The highest BCUT2D eigenvalue weighted by Gasteiger charge is 2.26. The number of benzene rings is 2. The summed E-state index contributed by atoms with van der Waals surface area (Å²) in [5.41, 5.74) is 2.55. The van der Waals surface area contributed by atoms with E-state index < -0.39 is 0 Å². The van der Waals surface area contributed by atoms with Gasteiger partial charge in [-0.1, -0.05) is 44.7 Å². The van der Waals surface area contributed by atoms with Crippen molar-refractivity contribution in [2.45, 2.75) is 27.2 Å². The minimum atomic E-state index is -0.275.